The highest BCUT2D eigenvalue weighted by Crippen LogP contribution is 2.31. The van der Waals surface area contributed by atoms with Gasteiger partial charge in [-0.1, -0.05) is 0 Å². The zero-order valence-corrected chi connectivity index (χ0v) is 15.3. The lowest BCUT2D eigenvalue weighted by atomic mass is 10.1. The molecule has 1 saturated heterocycles. The molecule has 0 spiro atoms. The van der Waals surface area contributed by atoms with E-state index in [2.05, 4.69) is 5.32 Å². The number of phenols is 1. The molecule has 1 heterocycles. The normalized spacial score (nSPS) is 20.0. The van der Waals surface area contributed by atoms with E-state index in [1.54, 1.807) is 19.2 Å². The number of morpholine rings is 1. The Bertz CT molecular complexity index is 600. The van der Waals surface area contributed by atoms with Crippen LogP contribution in [0.15, 0.2) is 18.2 Å². The second-order valence-electron chi connectivity index (χ2n) is 6.79. The first-order chi connectivity index (χ1) is 12.7. The minimum absolute atomic E-state index is 0.0191. The number of rotatable bonds is 9. The van der Waals surface area contributed by atoms with Crippen LogP contribution in [0.5, 0.6) is 11.5 Å². The van der Waals surface area contributed by atoms with Gasteiger partial charge in [-0.15, -0.1) is 0 Å². The van der Waals surface area contributed by atoms with Crippen molar-refractivity contribution in [1.29, 1.82) is 0 Å². The standard InChI is InChI=1S/C19H28N2O5/c1-24-6-2-7-25-17-10-14(9-16(22)11-17)13-21(15-3-4-15)19(23)18-12-20-5-8-26-18/h9-11,15,18,20,22H,2-8,12-13H2,1H3/t18-/m1/s1. The summed E-state index contributed by atoms with van der Waals surface area (Å²) in [7, 11) is 1.65. The molecular weight excluding hydrogens is 336 g/mol. The van der Waals surface area contributed by atoms with Gasteiger partial charge in [-0.2, -0.15) is 0 Å². The van der Waals surface area contributed by atoms with Gasteiger partial charge in [0.15, 0.2) is 0 Å². The van der Waals surface area contributed by atoms with Crippen molar-refractivity contribution < 1.29 is 24.1 Å². The van der Waals surface area contributed by atoms with E-state index in [9.17, 15) is 9.90 Å². The molecule has 7 nitrogen and oxygen atoms in total. The van der Waals surface area contributed by atoms with Crippen molar-refractivity contribution in [3.05, 3.63) is 23.8 Å². The summed E-state index contributed by atoms with van der Waals surface area (Å²) in [6.07, 6.45) is 2.39. The maximum Gasteiger partial charge on any atom is 0.253 e. The summed E-state index contributed by atoms with van der Waals surface area (Å²) < 4.78 is 16.3. The number of hydrogen-bond donors (Lipinski definition) is 2. The van der Waals surface area contributed by atoms with Gasteiger partial charge in [0.2, 0.25) is 0 Å². The lowest BCUT2D eigenvalue weighted by molar-refractivity contribution is -0.146. The number of methoxy groups -OCH3 is 1. The van der Waals surface area contributed by atoms with E-state index >= 15 is 0 Å². The first-order valence-corrected chi connectivity index (χ1v) is 9.25. The minimum atomic E-state index is -0.425. The monoisotopic (exact) mass is 364 g/mol. The number of nitrogens with one attached hydrogen (secondary N) is 1. The van der Waals surface area contributed by atoms with Gasteiger partial charge in [0, 0.05) is 51.9 Å². The van der Waals surface area contributed by atoms with Gasteiger partial charge in [-0.05, 0) is 30.5 Å². The zero-order chi connectivity index (χ0) is 18.4. The van der Waals surface area contributed by atoms with Crippen molar-refractivity contribution >= 4 is 5.91 Å². The van der Waals surface area contributed by atoms with E-state index < -0.39 is 6.10 Å². The van der Waals surface area contributed by atoms with Crippen molar-refractivity contribution in [2.45, 2.75) is 38.0 Å². The largest absolute Gasteiger partial charge is 0.508 e. The van der Waals surface area contributed by atoms with Gasteiger partial charge in [0.1, 0.15) is 17.6 Å². The van der Waals surface area contributed by atoms with Crippen LogP contribution < -0.4 is 10.1 Å². The van der Waals surface area contributed by atoms with E-state index in [0.29, 0.717) is 38.7 Å². The van der Waals surface area contributed by atoms with Crippen LogP contribution in [0.25, 0.3) is 0 Å². The predicted octanol–water partition coefficient (Wildman–Crippen LogP) is 1.29. The molecule has 1 saturated carbocycles. The summed E-state index contributed by atoms with van der Waals surface area (Å²) in [5.41, 5.74) is 0.857. The summed E-state index contributed by atoms with van der Waals surface area (Å²) >= 11 is 0. The Labute approximate surface area is 154 Å². The maximum absolute atomic E-state index is 12.9. The predicted molar refractivity (Wildman–Crippen MR) is 96.3 cm³/mol. The molecule has 1 aromatic rings. The summed E-state index contributed by atoms with van der Waals surface area (Å²) in [4.78, 5) is 14.7. The van der Waals surface area contributed by atoms with Gasteiger partial charge in [-0.25, -0.2) is 0 Å². The lowest BCUT2D eigenvalue weighted by Gasteiger charge is -2.30. The molecular formula is C19H28N2O5. The molecule has 144 valence electrons. The second-order valence-corrected chi connectivity index (χ2v) is 6.79. The third-order valence-corrected chi connectivity index (χ3v) is 4.54. The Morgan fingerprint density at radius 1 is 1.35 bits per heavy atom. The molecule has 0 bridgehead atoms. The van der Waals surface area contributed by atoms with Gasteiger partial charge >= 0.3 is 0 Å². The van der Waals surface area contributed by atoms with Crippen LogP contribution in [0.4, 0.5) is 0 Å². The zero-order valence-electron chi connectivity index (χ0n) is 15.3. The van der Waals surface area contributed by atoms with Crippen molar-refractivity contribution in [3.8, 4) is 11.5 Å². The molecule has 2 fully saturated rings. The van der Waals surface area contributed by atoms with E-state index in [-0.39, 0.29) is 17.7 Å². The first kappa shape index (κ1) is 18.9. The van der Waals surface area contributed by atoms with Crippen LogP contribution >= 0.6 is 0 Å². The number of phenolic OH excluding ortho intramolecular Hbond substituents is 1. The maximum atomic E-state index is 12.9. The number of carbonyl (C=O) groups is 1. The average molecular weight is 364 g/mol. The molecule has 0 unspecified atom stereocenters. The molecule has 1 amide bonds. The van der Waals surface area contributed by atoms with E-state index in [1.165, 1.54) is 0 Å². The molecule has 1 aliphatic carbocycles. The number of carbonyl (C=O) groups excluding carboxylic acids is 1. The number of amides is 1. The van der Waals surface area contributed by atoms with E-state index in [0.717, 1.165) is 31.4 Å². The topological polar surface area (TPSA) is 80.3 Å². The summed E-state index contributed by atoms with van der Waals surface area (Å²) in [6, 6.07) is 5.43. The highest BCUT2D eigenvalue weighted by atomic mass is 16.5. The molecule has 2 aliphatic rings. The number of benzene rings is 1. The SMILES string of the molecule is COCCCOc1cc(O)cc(CN(C(=O)[C@H]2CNCCO2)C2CC2)c1. The van der Waals surface area contributed by atoms with Gasteiger partial charge < -0.3 is 29.5 Å². The Morgan fingerprint density at radius 2 is 2.19 bits per heavy atom. The fraction of sp³-hybridized carbons (Fsp3) is 0.632. The van der Waals surface area contributed by atoms with Crippen LogP contribution in [0.2, 0.25) is 0 Å². The van der Waals surface area contributed by atoms with Crippen LogP contribution in [0, 0.1) is 0 Å². The smallest absolute Gasteiger partial charge is 0.253 e. The molecule has 2 N–H and O–H groups in total. The van der Waals surface area contributed by atoms with Crippen LogP contribution in [0.3, 0.4) is 0 Å². The fourth-order valence-electron chi connectivity index (χ4n) is 3.09. The summed E-state index contributed by atoms with van der Waals surface area (Å²) in [5.74, 6) is 0.767. The fourth-order valence-corrected chi connectivity index (χ4v) is 3.09. The average Bonchev–Trinajstić information content (AvgIpc) is 3.48. The molecule has 7 heteroatoms. The highest BCUT2D eigenvalue weighted by Gasteiger charge is 2.36. The van der Waals surface area contributed by atoms with Crippen molar-refractivity contribution in [1.82, 2.24) is 10.2 Å². The summed E-state index contributed by atoms with van der Waals surface area (Å²) in [5, 5.41) is 13.2. The lowest BCUT2D eigenvalue weighted by Crippen LogP contribution is -2.49. The number of ether oxygens (including phenoxy) is 3. The Kier molecular flexibility index (Phi) is 6.71. The molecule has 1 aromatic carbocycles. The molecule has 1 aliphatic heterocycles. The number of nitrogens with zero attached hydrogens (tertiary/aromatic N) is 1. The second kappa shape index (κ2) is 9.21. The van der Waals surface area contributed by atoms with Gasteiger partial charge in [-0.3, -0.25) is 4.79 Å². The number of hydrogen-bond acceptors (Lipinski definition) is 6. The Morgan fingerprint density at radius 3 is 2.88 bits per heavy atom. The Balaban J connectivity index is 1.64. The van der Waals surface area contributed by atoms with Crippen LogP contribution in [-0.2, 0) is 20.8 Å². The van der Waals surface area contributed by atoms with Gasteiger partial charge in [0.05, 0.1) is 13.2 Å². The third-order valence-electron chi connectivity index (χ3n) is 4.54. The minimum Gasteiger partial charge on any atom is -0.508 e. The van der Waals surface area contributed by atoms with Crippen LogP contribution in [0.1, 0.15) is 24.8 Å². The van der Waals surface area contributed by atoms with Crippen molar-refractivity contribution in [2.75, 3.05) is 40.0 Å². The number of aromatic hydroxyl groups is 1. The Hall–Kier alpha value is -1.83. The first-order valence-electron chi connectivity index (χ1n) is 9.25. The van der Waals surface area contributed by atoms with Crippen molar-refractivity contribution in [2.24, 2.45) is 0 Å². The molecule has 26 heavy (non-hydrogen) atoms. The molecule has 3 rings (SSSR count). The van der Waals surface area contributed by atoms with E-state index in [1.807, 2.05) is 11.0 Å². The molecule has 0 radical (unpaired) electrons. The molecule has 0 aromatic heterocycles. The highest BCUT2D eigenvalue weighted by molar-refractivity contribution is 5.82. The third kappa shape index (κ3) is 5.33. The van der Waals surface area contributed by atoms with Crippen LogP contribution in [-0.4, -0.2) is 68.1 Å². The van der Waals surface area contributed by atoms with Crippen molar-refractivity contribution in [3.63, 3.8) is 0 Å². The summed E-state index contributed by atoms with van der Waals surface area (Å²) in [6.45, 7) is 3.49. The van der Waals surface area contributed by atoms with E-state index in [4.69, 9.17) is 14.2 Å². The quantitative estimate of drug-likeness (QED) is 0.643. The van der Waals surface area contributed by atoms with Gasteiger partial charge in [0.25, 0.3) is 5.91 Å². The molecule has 1 atom stereocenters.